The molecule has 0 aliphatic carbocycles. The highest BCUT2D eigenvalue weighted by Gasteiger charge is 2.15. The van der Waals surface area contributed by atoms with Gasteiger partial charge in [0.05, 0.1) is 34.6 Å². The number of imidazole rings is 1. The Bertz CT molecular complexity index is 1070. The highest BCUT2D eigenvalue weighted by atomic mass is 16.1. The van der Waals surface area contributed by atoms with E-state index >= 15 is 0 Å². The molecule has 0 N–H and O–H groups in total. The third-order valence-corrected chi connectivity index (χ3v) is 3.94. The fraction of sp³-hybridized carbons (Fsp3) is 0.0625. The standard InChI is InChI=1S/C16H13BN4O/c1-20-14-9-19-13-5-4-10(17)7-12(13)15(14)21(16(20)22)11-3-2-6-18-8-11/h2-9H,17H2,1H3. The van der Waals surface area contributed by atoms with Crippen LogP contribution in [0.1, 0.15) is 0 Å². The van der Waals surface area contributed by atoms with E-state index in [4.69, 9.17) is 0 Å². The second-order valence-electron chi connectivity index (χ2n) is 5.40. The van der Waals surface area contributed by atoms with Crippen LogP contribution in [0.4, 0.5) is 0 Å². The monoisotopic (exact) mass is 288 g/mol. The summed E-state index contributed by atoms with van der Waals surface area (Å²) in [7, 11) is 3.80. The largest absolute Gasteiger partial charge is 0.333 e. The van der Waals surface area contributed by atoms with E-state index in [0.717, 1.165) is 33.1 Å². The predicted molar refractivity (Wildman–Crippen MR) is 89.8 cm³/mol. The summed E-state index contributed by atoms with van der Waals surface area (Å²) in [6.45, 7) is 0. The van der Waals surface area contributed by atoms with Crippen LogP contribution < -0.4 is 11.2 Å². The van der Waals surface area contributed by atoms with Gasteiger partial charge in [0.15, 0.2) is 0 Å². The Balaban J connectivity index is 2.27. The summed E-state index contributed by atoms with van der Waals surface area (Å²) >= 11 is 0. The minimum absolute atomic E-state index is 0.0983. The molecular weight excluding hydrogens is 275 g/mol. The molecular formula is C16H13BN4O. The predicted octanol–water partition coefficient (Wildman–Crippen LogP) is 0.531. The molecule has 4 rings (SSSR count). The number of hydrogen-bond donors (Lipinski definition) is 0. The summed E-state index contributed by atoms with van der Waals surface area (Å²) in [5.41, 5.74) is 4.35. The van der Waals surface area contributed by atoms with Crippen molar-refractivity contribution >= 4 is 35.2 Å². The van der Waals surface area contributed by atoms with Crippen LogP contribution in [0.5, 0.6) is 0 Å². The average molecular weight is 288 g/mol. The van der Waals surface area contributed by atoms with Gasteiger partial charge >= 0.3 is 5.69 Å². The van der Waals surface area contributed by atoms with Gasteiger partial charge in [0, 0.05) is 18.6 Å². The summed E-state index contributed by atoms with van der Waals surface area (Å²) in [6, 6.07) is 9.79. The zero-order valence-electron chi connectivity index (χ0n) is 12.3. The van der Waals surface area contributed by atoms with Crippen molar-refractivity contribution in [1.82, 2.24) is 19.1 Å². The van der Waals surface area contributed by atoms with E-state index in [0.29, 0.717) is 0 Å². The SMILES string of the molecule is Bc1ccc2ncc3c(c2c1)n(-c1cccnc1)c(=O)n3C. The quantitative estimate of drug-likeness (QED) is 0.480. The minimum atomic E-state index is -0.0983. The fourth-order valence-corrected chi connectivity index (χ4v) is 2.84. The van der Waals surface area contributed by atoms with Gasteiger partial charge in [-0.15, -0.1) is 0 Å². The van der Waals surface area contributed by atoms with E-state index < -0.39 is 0 Å². The lowest BCUT2D eigenvalue weighted by molar-refractivity contribution is 0.844. The lowest BCUT2D eigenvalue weighted by Crippen LogP contribution is -2.20. The Morgan fingerprint density at radius 2 is 2.05 bits per heavy atom. The molecule has 1 aromatic carbocycles. The van der Waals surface area contributed by atoms with Crippen LogP contribution in [0.25, 0.3) is 27.6 Å². The first-order valence-corrected chi connectivity index (χ1v) is 7.04. The number of rotatable bonds is 1. The van der Waals surface area contributed by atoms with E-state index in [9.17, 15) is 4.79 Å². The molecule has 0 bridgehead atoms. The Kier molecular flexibility index (Phi) is 2.66. The fourth-order valence-electron chi connectivity index (χ4n) is 2.84. The highest BCUT2D eigenvalue weighted by molar-refractivity contribution is 6.33. The Hall–Kier alpha value is -2.89. The first kappa shape index (κ1) is 12.8. The van der Waals surface area contributed by atoms with Crippen molar-refractivity contribution in [3.8, 4) is 5.69 Å². The molecule has 0 spiro atoms. The van der Waals surface area contributed by atoms with Crippen LogP contribution in [0, 0.1) is 0 Å². The van der Waals surface area contributed by atoms with E-state index in [-0.39, 0.29) is 5.69 Å². The first-order chi connectivity index (χ1) is 10.7. The van der Waals surface area contributed by atoms with Gasteiger partial charge in [0.1, 0.15) is 7.85 Å². The Morgan fingerprint density at radius 3 is 2.82 bits per heavy atom. The van der Waals surface area contributed by atoms with Crippen LogP contribution in [-0.4, -0.2) is 26.9 Å². The molecule has 0 radical (unpaired) electrons. The van der Waals surface area contributed by atoms with Gasteiger partial charge in [0.25, 0.3) is 0 Å². The molecule has 5 nitrogen and oxygen atoms in total. The second kappa shape index (κ2) is 4.56. The van der Waals surface area contributed by atoms with Crippen molar-refractivity contribution < 1.29 is 0 Å². The first-order valence-electron chi connectivity index (χ1n) is 7.04. The van der Waals surface area contributed by atoms with Gasteiger partial charge in [-0.2, -0.15) is 0 Å². The maximum Gasteiger partial charge on any atom is 0.333 e. The molecule has 0 aliphatic rings. The van der Waals surface area contributed by atoms with Crippen LogP contribution in [0.3, 0.4) is 0 Å². The van der Waals surface area contributed by atoms with Crippen molar-refractivity contribution in [2.75, 3.05) is 0 Å². The number of fused-ring (bicyclic) bond motifs is 3. The van der Waals surface area contributed by atoms with E-state index in [1.807, 2.05) is 32.1 Å². The maximum atomic E-state index is 12.7. The van der Waals surface area contributed by atoms with Gasteiger partial charge in [0.2, 0.25) is 0 Å². The molecule has 0 saturated carbocycles. The summed E-state index contributed by atoms with van der Waals surface area (Å²) in [5.74, 6) is 0. The molecule has 0 saturated heterocycles. The molecule has 0 aliphatic heterocycles. The normalized spacial score (nSPS) is 11.3. The van der Waals surface area contributed by atoms with Crippen molar-refractivity contribution in [2.45, 2.75) is 0 Å². The second-order valence-corrected chi connectivity index (χ2v) is 5.40. The Labute approximate surface area is 127 Å². The smallest absolute Gasteiger partial charge is 0.293 e. The van der Waals surface area contributed by atoms with Crippen molar-refractivity contribution in [3.05, 3.63) is 59.4 Å². The molecule has 22 heavy (non-hydrogen) atoms. The van der Waals surface area contributed by atoms with Crippen LogP contribution in [-0.2, 0) is 7.05 Å². The Morgan fingerprint density at radius 1 is 1.18 bits per heavy atom. The third kappa shape index (κ3) is 1.70. The molecule has 0 fully saturated rings. The molecule has 106 valence electrons. The number of pyridine rings is 2. The average Bonchev–Trinajstić information content (AvgIpc) is 2.80. The molecule has 3 heterocycles. The zero-order valence-corrected chi connectivity index (χ0v) is 12.3. The van der Waals surface area contributed by atoms with Crippen LogP contribution >= 0.6 is 0 Å². The zero-order chi connectivity index (χ0) is 15.3. The summed E-state index contributed by atoms with van der Waals surface area (Å²) in [5, 5.41) is 0.971. The number of hydrogen-bond acceptors (Lipinski definition) is 3. The lowest BCUT2D eigenvalue weighted by Gasteiger charge is -2.06. The highest BCUT2D eigenvalue weighted by Crippen LogP contribution is 2.23. The number of nitrogens with zero attached hydrogens (tertiary/aromatic N) is 4. The van der Waals surface area contributed by atoms with Crippen LogP contribution in [0.15, 0.2) is 53.7 Å². The lowest BCUT2D eigenvalue weighted by atomic mass is 9.94. The van der Waals surface area contributed by atoms with Crippen LogP contribution in [0.2, 0.25) is 0 Å². The van der Waals surface area contributed by atoms with Gasteiger partial charge in [-0.05, 0) is 18.2 Å². The number of benzene rings is 1. The van der Waals surface area contributed by atoms with E-state index in [1.165, 1.54) is 0 Å². The molecule has 0 atom stereocenters. The van der Waals surface area contributed by atoms with Gasteiger partial charge in [-0.3, -0.25) is 19.1 Å². The minimum Gasteiger partial charge on any atom is -0.293 e. The topological polar surface area (TPSA) is 52.7 Å². The summed E-state index contributed by atoms with van der Waals surface area (Å²) in [4.78, 5) is 21.3. The van der Waals surface area contributed by atoms with Crippen molar-refractivity contribution in [3.63, 3.8) is 0 Å². The summed E-state index contributed by atoms with van der Waals surface area (Å²) < 4.78 is 3.32. The van der Waals surface area contributed by atoms with E-state index in [2.05, 4.69) is 16.0 Å². The number of aromatic nitrogens is 4. The maximum absolute atomic E-state index is 12.7. The van der Waals surface area contributed by atoms with Gasteiger partial charge < -0.3 is 0 Å². The van der Waals surface area contributed by atoms with Gasteiger partial charge in [-0.25, -0.2) is 4.79 Å². The number of aryl methyl sites for hydroxylation is 1. The molecule has 3 aromatic heterocycles. The van der Waals surface area contributed by atoms with Gasteiger partial charge in [-0.1, -0.05) is 17.6 Å². The van der Waals surface area contributed by atoms with Crippen molar-refractivity contribution in [1.29, 1.82) is 0 Å². The third-order valence-electron chi connectivity index (χ3n) is 3.94. The molecule has 0 amide bonds. The van der Waals surface area contributed by atoms with Crippen molar-refractivity contribution in [2.24, 2.45) is 7.05 Å². The summed E-state index contributed by atoms with van der Waals surface area (Å²) in [6.07, 6.45) is 5.15. The molecule has 4 aromatic rings. The molecule has 6 heteroatoms. The van der Waals surface area contributed by atoms with E-state index in [1.54, 1.807) is 34.8 Å². The molecule has 0 unspecified atom stereocenters.